The third kappa shape index (κ3) is 3.76. The molecule has 0 radical (unpaired) electrons. The van der Waals surface area contributed by atoms with Gasteiger partial charge in [0.1, 0.15) is 0 Å². The number of anilines is 1. The Morgan fingerprint density at radius 1 is 1.44 bits per heavy atom. The molecule has 1 aromatic rings. The average Bonchev–Trinajstić information content (AvgIpc) is 2.72. The summed E-state index contributed by atoms with van der Waals surface area (Å²) >= 11 is 1.72. The summed E-state index contributed by atoms with van der Waals surface area (Å²) in [6.45, 7) is 8.36. The van der Waals surface area contributed by atoms with E-state index < -0.39 is 0 Å². The number of nitrogens with two attached hydrogens (primary N) is 1. The number of hydrogen-bond acceptors (Lipinski definition) is 4. The second kappa shape index (κ2) is 6.86. The lowest BCUT2D eigenvalue weighted by Crippen LogP contribution is -2.31. The van der Waals surface area contributed by atoms with Crippen LogP contribution in [0.5, 0.6) is 0 Å². The van der Waals surface area contributed by atoms with Crippen molar-refractivity contribution in [1.29, 1.82) is 0 Å². The molecule has 0 spiro atoms. The predicted molar refractivity (Wildman–Crippen MR) is 72.0 cm³/mol. The third-order valence-corrected chi connectivity index (χ3v) is 3.67. The lowest BCUT2D eigenvalue weighted by atomic mass is 10.2. The van der Waals surface area contributed by atoms with E-state index in [0.717, 1.165) is 16.6 Å². The molecule has 0 aliphatic carbocycles. The summed E-state index contributed by atoms with van der Waals surface area (Å²) in [6.07, 6.45) is 5.69. The van der Waals surface area contributed by atoms with Crippen LogP contribution in [-0.4, -0.2) is 17.6 Å². The molecule has 1 rings (SSSR count). The smallest absolute Gasteiger partial charge is 0.185 e. The van der Waals surface area contributed by atoms with Crippen LogP contribution < -0.4 is 10.6 Å². The molecule has 92 valence electrons. The lowest BCUT2D eigenvalue weighted by Gasteiger charge is -2.26. The standard InChI is InChI=1S/C12H23N3S/c1-4-5-6-7-15(10(2)3)12-14-9-11(8-13)16-12/h9-10H,4-8,13H2,1-3H3. The van der Waals surface area contributed by atoms with Crippen molar-refractivity contribution in [3.05, 3.63) is 11.1 Å². The zero-order chi connectivity index (χ0) is 12.0. The largest absolute Gasteiger partial charge is 0.346 e. The van der Waals surface area contributed by atoms with Crippen molar-refractivity contribution in [3.63, 3.8) is 0 Å². The van der Waals surface area contributed by atoms with Crippen LogP contribution in [-0.2, 0) is 6.54 Å². The van der Waals surface area contributed by atoms with Crippen LogP contribution in [0.4, 0.5) is 5.13 Å². The van der Waals surface area contributed by atoms with Crippen molar-refractivity contribution in [1.82, 2.24) is 4.98 Å². The van der Waals surface area contributed by atoms with E-state index in [9.17, 15) is 0 Å². The van der Waals surface area contributed by atoms with Crippen LogP contribution in [0.15, 0.2) is 6.20 Å². The molecule has 0 bridgehead atoms. The minimum absolute atomic E-state index is 0.508. The van der Waals surface area contributed by atoms with Crippen molar-refractivity contribution in [2.75, 3.05) is 11.4 Å². The molecule has 16 heavy (non-hydrogen) atoms. The van der Waals surface area contributed by atoms with Gasteiger partial charge in [0.2, 0.25) is 0 Å². The molecular weight excluding hydrogens is 218 g/mol. The van der Waals surface area contributed by atoms with Gasteiger partial charge >= 0.3 is 0 Å². The highest BCUT2D eigenvalue weighted by Crippen LogP contribution is 2.24. The molecular formula is C12H23N3S. The number of hydrogen-bond donors (Lipinski definition) is 1. The normalized spacial score (nSPS) is 11.1. The topological polar surface area (TPSA) is 42.2 Å². The minimum atomic E-state index is 0.508. The third-order valence-electron chi connectivity index (χ3n) is 2.61. The molecule has 0 saturated heterocycles. The van der Waals surface area contributed by atoms with E-state index >= 15 is 0 Å². The van der Waals surface area contributed by atoms with E-state index in [0.29, 0.717) is 12.6 Å². The summed E-state index contributed by atoms with van der Waals surface area (Å²) in [6, 6.07) is 0.508. The Labute approximate surface area is 103 Å². The van der Waals surface area contributed by atoms with Crippen molar-refractivity contribution < 1.29 is 0 Å². The lowest BCUT2D eigenvalue weighted by molar-refractivity contribution is 0.624. The van der Waals surface area contributed by atoms with E-state index in [1.54, 1.807) is 11.3 Å². The minimum Gasteiger partial charge on any atom is -0.346 e. The van der Waals surface area contributed by atoms with E-state index in [1.807, 2.05) is 6.20 Å². The first kappa shape index (κ1) is 13.5. The summed E-state index contributed by atoms with van der Waals surface area (Å²) in [7, 11) is 0. The Kier molecular flexibility index (Phi) is 5.77. The maximum Gasteiger partial charge on any atom is 0.185 e. The number of nitrogens with zero attached hydrogens (tertiary/aromatic N) is 2. The van der Waals surface area contributed by atoms with Crippen LogP contribution in [0.1, 0.15) is 44.9 Å². The van der Waals surface area contributed by atoms with E-state index in [4.69, 9.17) is 5.73 Å². The van der Waals surface area contributed by atoms with Crippen molar-refractivity contribution in [3.8, 4) is 0 Å². The van der Waals surface area contributed by atoms with Crippen molar-refractivity contribution >= 4 is 16.5 Å². The summed E-state index contributed by atoms with van der Waals surface area (Å²) < 4.78 is 0. The second-order valence-electron chi connectivity index (χ2n) is 4.31. The molecule has 4 heteroatoms. The Morgan fingerprint density at radius 3 is 2.69 bits per heavy atom. The quantitative estimate of drug-likeness (QED) is 0.746. The highest BCUT2D eigenvalue weighted by atomic mass is 32.1. The zero-order valence-corrected chi connectivity index (χ0v) is 11.4. The molecule has 0 unspecified atom stereocenters. The molecule has 0 aromatic carbocycles. The van der Waals surface area contributed by atoms with Gasteiger partial charge in [-0.25, -0.2) is 4.98 Å². The molecule has 2 N–H and O–H groups in total. The summed E-state index contributed by atoms with van der Waals surface area (Å²) in [5, 5.41) is 1.12. The number of rotatable bonds is 7. The second-order valence-corrected chi connectivity index (χ2v) is 5.40. The van der Waals surface area contributed by atoms with E-state index in [-0.39, 0.29) is 0 Å². The molecule has 0 aliphatic rings. The van der Waals surface area contributed by atoms with Gasteiger partial charge in [-0.2, -0.15) is 0 Å². The van der Waals surface area contributed by atoms with E-state index in [2.05, 4.69) is 30.7 Å². The maximum absolute atomic E-state index is 5.61. The molecule has 0 atom stereocenters. The monoisotopic (exact) mass is 241 g/mol. The molecule has 1 heterocycles. The van der Waals surface area contributed by atoms with Crippen LogP contribution in [0, 0.1) is 0 Å². The van der Waals surface area contributed by atoms with Crippen LogP contribution in [0.3, 0.4) is 0 Å². The first-order valence-electron chi connectivity index (χ1n) is 6.10. The first-order valence-corrected chi connectivity index (χ1v) is 6.92. The number of aromatic nitrogens is 1. The molecule has 0 fully saturated rings. The number of unbranched alkanes of at least 4 members (excludes halogenated alkanes) is 2. The highest BCUT2D eigenvalue weighted by molar-refractivity contribution is 7.15. The first-order chi connectivity index (χ1) is 7.69. The van der Waals surface area contributed by atoms with E-state index in [1.165, 1.54) is 19.3 Å². The van der Waals surface area contributed by atoms with Crippen LogP contribution in [0.25, 0.3) is 0 Å². The molecule has 0 saturated carbocycles. The fraction of sp³-hybridized carbons (Fsp3) is 0.750. The van der Waals surface area contributed by atoms with Gasteiger partial charge < -0.3 is 10.6 Å². The fourth-order valence-corrected chi connectivity index (χ4v) is 2.58. The maximum atomic E-state index is 5.61. The number of thiazole rings is 1. The van der Waals surface area contributed by atoms with Crippen LogP contribution >= 0.6 is 11.3 Å². The Morgan fingerprint density at radius 2 is 2.19 bits per heavy atom. The van der Waals surface area contributed by atoms with Gasteiger partial charge in [-0.05, 0) is 20.3 Å². The van der Waals surface area contributed by atoms with Gasteiger partial charge in [-0.1, -0.05) is 19.8 Å². The Bertz CT molecular complexity index is 296. The van der Waals surface area contributed by atoms with Crippen molar-refractivity contribution in [2.45, 2.75) is 52.6 Å². The molecule has 3 nitrogen and oxygen atoms in total. The zero-order valence-electron chi connectivity index (χ0n) is 10.6. The SMILES string of the molecule is CCCCCN(c1ncc(CN)s1)C(C)C. The molecule has 0 amide bonds. The Balaban J connectivity index is 2.61. The van der Waals surface area contributed by atoms with Gasteiger partial charge in [0, 0.05) is 30.2 Å². The van der Waals surface area contributed by atoms with Gasteiger partial charge in [0.25, 0.3) is 0 Å². The summed E-state index contributed by atoms with van der Waals surface area (Å²) in [4.78, 5) is 7.99. The fourth-order valence-electron chi connectivity index (χ4n) is 1.63. The van der Waals surface area contributed by atoms with Gasteiger partial charge in [0.15, 0.2) is 5.13 Å². The van der Waals surface area contributed by atoms with Crippen LogP contribution in [0.2, 0.25) is 0 Å². The van der Waals surface area contributed by atoms with Gasteiger partial charge in [-0.15, -0.1) is 11.3 Å². The molecule has 0 aliphatic heterocycles. The Hall–Kier alpha value is -0.610. The predicted octanol–water partition coefficient (Wildman–Crippen LogP) is 3.01. The highest BCUT2D eigenvalue weighted by Gasteiger charge is 2.13. The van der Waals surface area contributed by atoms with Crippen molar-refractivity contribution in [2.24, 2.45) is 5.73 Å². The average molecular weight is 241 g/mol. The molecule has 1 aromatic heterocycles. The van der Waals surface area contributed by atoms with Gasteiger partial charge in [0.05, 0.1) is 0 Å². The summed E-state index contributed by atoms with van der Waals surface area (Å²) in [5.41, 5.74) is 5.61. The van der Waals surface area contributed by atoms with Gasteiger partial charge in [-0.3, -0.25) is 0 Å². The summed E-state index contributed by atoms with van der Waals surface area (Å²) in [5.74, 6) is 0.